The first kappa shape index (κ1) is 15.7. The predicted molar refractivity (Wildman–Crippen MR) is 79.3 cm³/mol. The van der Waals surface area contributed by atoms with Gasteiger partial charge in [-0.25, -0.2) is 13.4 Å². The Labute approximate surface area is 125 Å². The van der Waals surface area contributed by atoms with Gasteiger partial charge in [0.2, 0.25) is 10.0 Å². The third-order valence-electron chi connectivity index (χ3n) is 3.53. The molecular formula is C13H20ClN3O2S. The zero-order valence-corrected chi connectivity index (χ0v) is 13.6. The van der Waals surface area contributed by atoms with Crippen LogP contribution in [0.4, 0.5) is 0 Å². The van der Waals surface area contributed by atoms with E-state index >= 15 is 0 Å². The van der Waals surface area contributed by atoms with Gasteiger partial charge < -0.3 is 0 Å². The topological polar surface area (TPSA) is 53.5 Å². The minimum Gasteiger partial charge on any atom is -0.296 e. The third-order valence-corrected chi connectivity index (χ3v) is 5.63. The predicted octanol–water partition coefficient (Wildman–Crippen LogP) is 1.84. The molecule has 2 rings (SSSR count). The molecule has 0 aromatic carbocycles. The second-order valence-corrected chi connectivity index (χ2v) is 8.20. The van der Waals surface area contributed by atoms with E-state index in [1.165, 1.54) is 22.6 Å². The number of piperazine rings is 1. The number of rotatable bonds is 2. The summed E-state index contributed by atoms with van der Waals surface area (Å²) in [6.07, 6.45) is 1.31. The number of hydrogen-bond acceptors (Lipinski definition) is 4. The molecule has 1 fully saturated rings. The zero-order valence-electron chi connectivity index (χ0n) is 12.0. The molecule has 5 nitrogen and oxygen atoms in total. The van der Waals surface area contributed by atoms with Crippen molar-refractivity contribution in [2.45, 2.75) is 31.2 Å². The number of pyridine rings is 1. The molecule has 0 spiro atoms. The smallest absolute Gasteiger partial charge is 0.244 e. The van der Waals surface area contributed by atoms with Gasteiger partial charge in [0.1, 0.15) is 10.0 Å². The van der Waals surface area contributed by atoms with Crippen LogP contribution in [0.1, 0.15) is 20.8 Å². The average Bonchev–Trinajstić information content (AvgIpc) is 2.38. The summed E-state index contributed by atoms with van der Waals surface area (Å²) >= 11 is 5.69. The highest BCUT2D eigenvalue weighted by atomic mass is 35.5. The van der Waals surface area contributed by atoms with Crippen molar-refractivity contribution in [1.29, 1.82) is 0 Å². The van der Waals surface area contributed by atoms with Gasteiger partial charge in [-0.05, 0) is 32.9 Å². The summed E-state index contributed by atoms with van der Waals surface area (Å²) in [5.74, 6) is 0. The molecule has 0 N–H and O–H groups in total. The molecule has 0 aliphatic carbocycles. The van der Waals surface area contributed by atoms with Crippen LogP contribution in [0, 0.1) is 0 Å². The second kappa shape index (κ2) is 5.60. The summed E-state index contributed by atoms with van der Waals surface area (Å²) in [5, 5.41) is 0.293. The first-order valence-electron chi connectivity index (χ1n) is 6.58. The lowest BCUT2D eigenvalue weighted by Gasteiger charge is -2.41. The van der Waals surface area contributed by atoms with Gasteiger partial charge in [0, 0.05) is 37.9 Å². The van der Waals surface area contributed by atoms with Crippen LogP contribution in [-0.2, 0) is 10.0 Å². The summed E-state index contributed by atoms with van der Waals surface area (Å²) in [6, 6.07) is 3.00. The fraction of sp³-hybridized carbons (Fsp3) is 0.615. The maximum Gasteiger partial charge on any atom is 0.244 e. The minimum atomic E-state index is -3.46. The molecule has 0 saturated carbocycles. The van der Waals surface area contributed by atoms with Gasteiger partial charge >= 0.3 is 0 Å². The van der Waals surface area contributed by atoms with Gasteiger partial charge in [-0.1, -0.05) is 11.6 Å². The molecule has 1 aromatic heterocycles. The Bertz CT molecular complexity index is 558. The monoisotopic (exact) mass is 317 g/mol. The number of halogens is 1. The molecule has 2 heterocycles. The van der Waals surface area contributed by atoms with E-state index in [1.807, 2.05) is 0 Å². The molecule has 0 unspecified atom stereocenters. The van der Waals surface area contributed by atoms with Crippen molar-refractivity contribution in [3.05, 3.63) is 23.5 Å². The molecule has 0 radical (unpaired) electrons. The van der Waals surface area contributed by atoms with Crippen molar-refractivity contribution in [3.63, 3.8) is 0 Å². The third kappa shape index (κ3) is 3.31. The van der Waals surface area contributed by atoms with E-state index in [2.05, 4.69) is 30.7 Å². The molecule has 112 valence electrons. The van der Waals surface area contributed by atoms with Gasteiger partial charge in [-0.3, -0.25) is 4.90 Å². The summed E-state index contributed by atoms with van der Waals surface area (Å²) in [4.78, 5) is 6.33. The van der Waals surface area contributed by atoms with E-state index in [-0.39, 0.29) is 10.4 Å². The molecule has 1 aliphatic heterocycles. The molecule has 1 aromatic rings. The van der Waals surface area contributed by atoms with Crippen molar-refractivity contribution in [2.24, 2.45) is 0 Å². The Kier molecular flexibility index (Phi) is 4.39. The van der Waals surface area contributed by atoms with Crippen molar-refractivity contribution in [1.82, 2.24) is 14.2 Å². The minimum absolute atomic E-state index is 0.0671. The maximum atomic E-state index is 12.5. The number of sulfonamides is 1. The summed E-state index contributed by atoms with van der Waals surface area (Å²) in [5.41, 5.74) is 0.0671. The number of hydrogen-bond donors (Lipinski definition) is 0. The van der Waals surface area contributed by atoms with E-state index in [1.54, 1.807) is 0 Å². The van der Waals surface area contributed by atoms with Gasteiger partial charge in [0.15, 0.2) is 0 Å². The Morgan fingerprint density at radius 2 is 1.75 bits per heavy atom. The molecular weight excluding hydrogens is 298 g/mol. The first-order chi connectivity index (χ1) is 9.21. The van der Waals surface area contributed by atoms with Crippen LogP contribution < -0.4 is 0 Å². The van der Waals surface area contributed by atoms with E-state index in [0.29, 0.717) is 18.2 Å². The number of aromatic nitrogens is 1. The van der Waals surface area contributed by atoms with E-state index in [9.17, 15) is 8.42 Å². The van der Waals surface area contributed by atoms with Crippen LogP contribution in [0.25, 0.3) is 0 Å². The standard InChI is InChI=1S/C13H20ClN3O2S/c1-13(2,3)16-6-8-17(9-7-16)20(18,19)11-4-5-12(14)15-10-11/h4-5,10H,6-9H2,1-3H3. The van der Waals surface area contributed by atoms with Crippen LogP contribution in [0.15, 0.2) is 23.2 Å². The molecule has 0 amide bonds. The lowest BCUT2D eigenvalue weighted by Crippen LogP contribution is -2.54. The first-order valence-corrected chi connectivity index (χ1v) is 8.40. The second-order valence-electron chi connectivity index (χ2n) is 5.88. The highest BCUT2D eigenvalue weighted by molar-refractivity contribution is 7.89. The average molecular weight is 318 g/mol. The van der Waals surface area contributed by atoms with Crippen molar-refractivity contribution in [3.8, 4) is 0 Å². The van der Waals surface area contributed by atoms with Crippen molar-refractivity contribution >= 4 is 21.6 Å². The summed E-state index contributed by atoms with van der Waals surface area (Å²) < 4.78 is 26.5. The van der Waals surface area contributed by atoms with Crippen LogP contribution in [0.5, 0.6) is 0 Å². The van der Waals surface area contributed by atoms with Gasteiger partial charge in [0.25, 0.3) is 0 Å². The van der Waals surface area contributed by atoms with Crippen LogP contribution in [0.2, 0.25) is 5.15 Å². The summed E-state index contributed by atoms with van der Waals surface area (Å²) in [6.45, 7) is 8.90. The maximum absolute atomic E-state index is 12.5. The van der Waals surface area contributed by atoms with Gasteiger partial charge in [0.05, 0.1) is 0 Å². The SMILES string of the molecule is CC(C)(C)N1CCN(S(=O)(=O)c2ccc(Cl)nc2)CC1. The molecule has 0 atom stereocenters. The summed E-state index contributed by atoms with van der Waals surface area (Å²) in [7, 11) is -3.46. The molecule has 0 bridgehead atoms. The lowest BCUT2D eigenvalue weighted by molar-refractivity contribution is 0.0922. The Morgan fingerprint density at radius 3 is 2.20 bits per heavy atom. The van der Waals surface area contributed by atoms with E-state index in [0.717, 1.165) is 13.1 Å². The van der Waals surface area contributed by atoms with Crippen LogP contribution >= 0.6 is 11.6 Å². The molecule has 20 heavy (non-hydrogen) atoms. The Balaban J connectivity index is 2.11. The fourth-order valence-corrected chi connectivity index (χ4v) is 3.74. The van der Waals surface area contributed by atoms with Gasteiger partial charge in [-0.2, -0.15) is 4.31 Å². The largest absolute Gasteiger partial charge is 0.296 e. The van der Waals surface area contributed by atoms with Gasteiger partial charge in [-0.15, -0.1) is 0 Å². The Hall–Kier alpha value is -0.690. The van der Waals surface area contributed by atoms with Crippen molar-refractivity contribution < 1.29 is 8.42 Å². The molecule has 1 aliphatic rings. The van der Waals surface area contributed by atoms with Crippen molar-refractivity contribution in [2.75, 3.05) is 26.2 Å². The quantitative estimate of drug-likeness (QED) is 0.781. The fourth-order valence-electron chi connectivity index (χ4n) is 2.26. The molecule has 1 saturated heterocycles. The van der Waals surface area contributed by atoms with E-state index < -0.39 is 10.0 Å². The van der Waals surface area contributed by atoms with Crippen LogP contribution in [-0.4, -0.2) is 54.3 Å². The van der Waals surface area contributed by atoms with Crippen LogP contribution in [0.3, 0.4) is 0 Å². The highest BCUT2D eigenvalue weighted by Gasteiger charge is 2.32. The zero-order chi connectivity index (χ0) is 15.0. The lowest BCUT2D eigenvalue weighted by atomic mass is 10.1. The normalized spacial score (nSPS) is 19.2. The molecule has 7 heteroatoms. The highest BCUT2D eigenvalue weighted by Crippen LogP contribution is 2.21. The Morgan fingerprint density at radius 1 is 1.15 bits per heavy atom. The van der Waals surface area contributed by atoms with E-state index in [4.69, 9.17) is 11.6 Å². The number of nitrogens with zero attached hydrogens (tertiary/aromatic N) is 3.